The predicted molar refractivity (Wildman–Crippen MR) is 86.8 cm³/mol. The van der Waals surface area contributed by atoms with E-state index in [0.717, 1.165) is 5.56 Å². The molecule has 2 atom stereocenters. The molecule has 0 spiro atoms. The molecule has 0 saturated carbocycles. The van der Waals surface area contributed by atoms with Crippen molar-refractivity contribution in [3.8, 4) is 0 Å². The number of sulfonamides is 1. The lowest BCUT2D eigenvalue weighted by molar-refractivity contribution is -0.142. The molecule has 0 radical (unpaired) electrons. The maximum atomic E-state index is 12.7. The van der Waals surface area contributed by atoms with Gasteiger partial charge in [-0.2, -0.15) is 9.40 Å². The van der Waals surface area contributed by atoms with Gasteiger partial charge in [0.1, 0.15) is 4.90 Å². The molecule has 1 aromatic heterocycles. The average molecular weight is 349 g/mol. The molecule has 8 heteroatoms. The molecule has 1 aliphatic rings. The molecule has 3 rings (SSSR count). The highest BCUT2D eigenvalue weighted by molar-refractivity contribution is 7.89. The molecule has 1 saturated heterocycles. The number of benzene rings is 1. The highest BCUT2D eigenvalue weighted by Crippen LogP contribution is 2.28. The van der Waals surface area contributed by atoms with Gasteiger partial charge in [0.25, 0.3) is 0 Å². The SMILES string of the molecule is C[C@@H]1CN(S(=O)(=O)c2cnn(Cc3ccccc3)c2)C[C@H]1C(=O)O. The summed E-state index contributed by atoms with van der Waals surface area (Å²) < 4.78 is 28.2. The number of rotatable bonds is 5. The Morgan fingerprint density at radius 1 is 1.29 bits per heavy atom. The van der Waals surface area contributed by atoms with Crippen molar-refractivity contribution in [1.82, 2.24) is 14.1 Å². The molecule has 0 unspecified atom stereocenters. The fourth-order valence-electron chi connectivity index (χ4n) is 2.92. The van der Waals surface area contributed by atoms with E-state index in [1.807, 2.05) is 30.3 Å². The number of carboxylic acid groups (broad SMARTS) is 1. The van der Waals surface area contributed by atoms with E-state index in [4.69, 9.17) is 5.11 Å². The highest BCUT2D eigenvalue weighted by atomic mass is 32.2. The second-order valence-electron chi connectivity index (χ2n) is 6.10. The van der Waals surface area contributed by atoms with Crippen LogP contribution in [-0.2, 0) is 21.4 Å². The molecule has 1 aliphatic heterocycles. The third kappa shape index (κ3) is 3.20. The van der Waals surface area contributed by atoms with E-state index in [1.54, 1.807) is 11.6 Å². The molecule has 2 heterocycles. The van der Waals surface area contributed by atoms with Crippen molar-refractivity contribution in [3.05, 3.63) is 48.3 Å². The lowest BCUT2D eigenvalue weighted by Crippen LogP contribution is -2.29. The van der Waals surface area contributed by atoms with Crippen LogP contribution in [0.3, 0.4) is 0 Å². The number of aliphatic carboxylic acids is 1. The van der Waals surface area contributed by atoms with Crippen LogP contribution < -0.4 is 0 Å². The first-order chi connectivity index (χ1) is 11.4. The van der Waals surface area contributed by atoms with Crippen LogP contribution in [0.15, 0.2) is 47.6 Å². The first kappa shape index (κ1) is 16.7. The number of hydrogen-bond acceptors (Lipinski definition) is 4. The Balaban J connectivity index is 1.78. The molecular formula is C16H19N3O4S. The molecule has 2 aromatic rings. The van der Waals surface area contributed by atoms with E-state index in [1.165, 1.54) is 16.7 Å². The van der Waals surface area contributed by atoms with Gasteiger partial charge in [0.15, 0.2) is 0 Å². The third-order valence-electron chi connectivity index (χ3n) is 4.33. The lowest BCUT2D eigenvalue weighted by Gasteiger charge is -2.14. The van der Waals surface area contributed by atoms with Crippen molar-refractivity contribution in [2.75, 3.05) is 13.1 Å². The Morgan fingerprint density at radius 3 is 2.62 bits per heavy atom. The number of hydrogen-bond donors (Lipinski definition) is 1. The molecule has 0 aliphatic carbocycles. The van der Waals surface area contributed by atoms with Crippen molar-refractivity contribution in [3.63, 3.8) is 0 Å². The summed E-state index contributed by atoms with van der Waals surface area (Å²) in [7, 11) is -3.72. The van der Waals surface area contributed by atoms with Gasteiger partial charge in [-0.15, -0.1) is 0 Å². The number of carboxylic acids is 1. The molecule has 1 fully saturated rings. The fraction of sp³-hybridized carbons (Fsp3) is 0.375. The minimum absolute atomic E-state index is 0.00268. The molecule has 24 heavy (non-hydrogen) atoms. The highest BCUT2D eigenvalue weighted by Gasteiger charge is 2.41. The Labute approximate surface area is 140 Å². The summed E-state index contributed by atoms with van der Waals surface area (Å²) in [5.74, 6) is -1.84. The van der Waals surface area contributed by atoms with Crippen LogP contribution >= 0.6 is 0 Å². The summed E-state index contributed by atoms with van der Waals surface area (Å²) in [6.07, 6.45) is 2.80. The third-order valence-corrected chi connectivity index (χ3v) is 6.12. The summed E-state index contributed by atoms with van der Waals surface area (Å²) in [6, 6.07) is 9.61. The molecule has 7 nitrogen and oxygen atoms in total. The normalized spacial score (nSPS) is 21.9. The van der Waals surface area contributed by atoms with Gasteiger partial charge < -0.3 is 5.11 Å². The summed E-state index contributed by atoms with van der Waals surface area (Å²) >= 11 is 0. The van der Waals surface area contributed by atoms with Gasteiger partial charge in [0, 0.05) is 19.3 Å². The fourth-order valence-corrected chi connectivity index (χ4v) is 4.45. The lowest BCUT2D eigenvalue weighted by atomic mass is 9.99. The first-order valence-corrected chi connectivity index (χ1v) is 9.11. The minimum Gasteiger partial charge on any atom is -0.481 e. The molecule has 0 amide bonds. The van der Waals surface area contributed by atoms with Gasteiger partial charge >= 0.3 is 5.97 Å². The van der Waals surface area contributed by atoms with E-state index in [2.05, 4.69) is 5.10 Å². The van der Waals surface area contributed by atoms with E-state index >= 15 is 0 Å². The molecular weight excluding hydrogens is 330 g/mol. The van der Waals surface area contributed by atoms with Crippen LogP contribution in [-0.4, -0.2) is 46.7 Å². The zero-order chi connectivity index (χ0) is 17.3. The summed E-state index contributed by atoms with van der Waals surface area (Å²) in [5, 5.41) is 13.3. The van der Waals surface area contributed by atoms with Crippen LogP contribution in [0.1, 0.15) is 12.5 Å². The Morgan fingerprint density at radius 2 is 2.00 bits per heavy atom. The Hall–Kier alpha value is -2.19. The molecule has 0 bridgehead atoms. The smallest absolute Gasteiger partial charge is 0.308 e. The zero-order valence-electron chi connectivity index (χ0n) is 13.2. The van der Waals surface area contributed by atoms with Crippen molar-refractivity contribution in [1.29, 1.82) is 0 Å². The van der Waals surface area contributed by atoms with Gasteiger partial charge in [-0.3, -0.25) is 9.48 Å². The number of nitrogens with zero attached hydrogens (tertiary/aromatic N) is 3. The molecule has 1 aromatic carbocycles. The van der Waals surface area contributed by atoms with E-state index in [-0.39, 0.29) is 23.9 Å². The summed E-state index contributed by atoms with van der Waals surface area (Å²) in [5.41, 5.74) is 1.02. The minimum atomic E-state index is -3.72. The van der Waals surface area contributed by atoms with Crippen molar-refractivity contribution < 1.29 is 18.3 Å². The molecule has 1 N–H and O–H groups in total. The van der Waals surface area contributed by atoms with Gasteiger partial charge in [-0.25, -0.2) is 8.42 Å². The summed E-state index contributed by atoms with van der Waals surface area (Å²) in [4.78, 5) is 11.3. The Bertz CT molecular complexity index is 832. The van der Waals surface area contributed by atoms with Crippen LogP contribution in [0.4, 0.5) is 0 Å². The van der Waals surface area contributed by atoms with Crippen LogP contribution in [0.25, 0.3) is 0 Å². The van der Waals surface area contributed by atoms with Crippen molar-refractivity contribution in [2.45, 2.75) is 18.4 Å². The van der Waals surface area contributed by atoms with Crippen LogP contribution in [0.2, 0.25) is 0 Å². The second kappa shape index (κ2) is 6.37. The summed E-state index contributed by atoms with van der Waals surface area (Å²) in [6.45, 7) is 2.45. The largest absolute Gasteiger partial charge is 0.481 e. The van der Waals surface area contributed by atoms with E-state index in [9.17, 15) is 13.2 Å². The zero-order valence-corrected chi connectivity index (χ0v) is 14.1. The monoisotopic (exact) mass is 349 g/mol. The standard InChI is InChI=1S/C16H19N3O4S/c1-12-8-19(11-15(12)16(20)21)24(22,23)14-7-17-18(10-14)9-13-5-3-2-4-6-13/h2-7,10,12,15H,8-9,11H2,1H3,(H,20,21)/t12-,15-/m1/s1. The molecule has 128 valence electrons. The topological polar surface area (TPSA) is 92.5 Å². The van der Waals surface area contributed by atoms with Crippen molar-refractivity contribution >= 4 is 16.0 Å². The quantitative estimate of drug-likeness (QED) is 0.878. The van der Waals surface area contributed by atoms with Gasteiger partial charge in [-0.05, 0) is 11.5 Å². The van der Waals surface area contributed by atoms with Gasteiger partial charge in [-0.1, -0.05) is 37.3 Å². The van der Waals surface area contributed by atoms with E-state index in [0.29, 0.717) is 6.54 Å². The first-order valence-electron chi connectivity index (χ1n) is 7.67. The number of aromatic nitrogens is 2. The van der Waals surface area contributed by atoms with E-state index < -0.39 is 21.9 Å². The maximum absolute atomic E-state index is 12.7. The van der Waals surface area contributed by atoms with Crippen LogP contribution in [0, 0.1) is 11.8 Å². The van der Waals surface area contributed by atoms with Crippen molar-refractivity contribution in [2.24, 2.45) is 11.8 Å². The maximum Gasteiger partial charge on any atom is 0.308 e. The van der Waals surface area contributed by atoms with Gasteiger partial charge in [0.05, 0.1) is 18.7 Å². The predicted octanol–water partition coefficient (Wildman–Crippen LogP) is 1.27. The van der Waals surface area contributed by atoms with Crippen LogP contribution in [0.5, 0.6) is 0 Å². The second-order valence-corrected chi connectivity index (χ2v) is 8.04. The Kier molecular flexibility index (Phi) is 4.42. The number of carbonyl (C=O) groups is 1. The average Bonchev–Trinajstić information content (AvgIpc) is 3.15. The van der Waals surface area contributed by atoms with Gasteiger partial charge in [0.2, 0.25) is 10.0 Å².